The minimum Gasteiger partial charge on any atom is -0.279 e. The molecule has 0 saturated carbocycles. The summed E-state index contributed by atoms with van der Waals surface area (Å²) >= 11 is 5.51. The molecule has 1 fully saturated rings. The van der Waals surface area contributed by atoms with Gasteiger partial charge < -0.3 is 0 Å². The van der Waals surface area contributed by atoms with E-state index in [1.54, 1.807) is 12.1 Å². The topological polar surface area (TPSA) is 54.5 Å². The van der Waals surface area contributed by atoms with Crippen molar-refractivity contribution < 1.29 is 13.2 Å². The summed E-state index contributed by atoms with van der Waals surface area (Å²) < 4.78 is 26.5. The van der Waals surface area contributed by atoms with Crippen LogP contribution in [-0.2, 0) is 20.2 Å². The second-order valence-corrected chi connectivity index (χ2v) is 8.62. The molecule has 0 aromatic heterocycles. The van der Waals surface area contributed by atoms with E-state index in [4.69, 9.17) is 11.6 Å². The quantitative estimate of drug-likeness (QED) is 0.801. The van der Waals surface area contributed by atoms with Gasteiger partial charge in [-0.25, -0.2) is 8.42 Å². The van der Waals surface area contributed by atoms with Crippen LogP contribution in [0.2, 0.25) is 0 Å². The molecule has 6 heteroatoms. The van der Waals surface area contributed by atoms with Crippen molar-refractivity contribution >= 4 is 26.9 Å². The van der Waals surface area contributed by atoms with Gasteiger partial charge in [-0.05, 0) is 47.6 Å². The highest BCUT2D eigenvalue weighted by Gasteiger charge is 2.38. The van der Waals surface area contributed by atoms with Crippen LogP contribution in [-0.4, -0.2) is 30.6 Å². The van der Waals surface area contributed by atoms with Crippen LogP contribution in [0.25, 0.3) is 0 Å². The fourth-order valence-corrected chi connectivity index (χ4v) is 4.46. The molecular formula is C15H20ClNO3S. The Balaban J connectivity index is 2.34. The third-order valence-electron chi connectivity index (χ3n) is 3.79. The van der Waals surface area contributed by atoms with E-state index in [0.717, 1.165) is 5.56 Å². The van der Waals surface area contributed by atoms with Crippen molar-refractivity contribution in [2.45, 2.75) is 50.0 Å². The van der Waals surface area contributed by atoms with Crippen LogP contribution in [0.5, 0.6) is 0 Å². The normalized spacial score (nSPS) is 20.7. The maximum atomic E-state index is 12.6. The summed E-state index contributed by atoms with van der Waals surface area (Å²) in [7, 11) is -3.67. The van der Waals surface area contributed by atoms with E-state index in [1.165, 1.54) is 4.31 Å². The van der Waals surface area contributed by atoms with Gasteiger partial charge in [0.15, 0.2) is 0 Å². The average molecular weight is 330 g/mol. The van der Waals surface area contributed by atoms with Gasteiger partial charge >= 0.3 is 0 Å². The van der Waals surface area contributed by atoms with Crippen molar-refractivity contribution in [3.8, 4) is 0 Å². The summed E-state index contributed by atoms with van der Waals surface area (Å²) in [5.41, 5.74) is 1.03. The molecule has 0 N–H and O–H groups in total. The Morgan fingerprint density at radius 2 is 1.81 bits per heavy atom. The number of sulfonamides is 1. The Morgan fingerprint density at radius 1 is 1.24 bits per heavy atom. The standard InChI is InChI=1S/C15H20ClNO3S/c1-15(2,3)11-6-8-12(9-7-11)21(19,20)17-10-4-5-13(17)14(16)18/h6-9,13H,4-5,10H2,1-3H3/t13-/m0/s1. The first-order chi connectivity index (χ1) is 9.64. The minimum atomic E-state index is -3.67. The molecule has 21 heavy (non-hydrogen) atoms. The van der Waals surface area contributed by atoms with E-state index < -0.39 is 21.3 Å². The van der Waals surface area contributed by atoms with Gasteiger partial charge in [0.05, 0.1) is 10.9 Å². The lowest BCUT2D eigenvalue weighted by Gasteiger charge is -2.23. The molecule has 0 bridgehead atoms. The zero-order valence-electron chi connectivity index (χ0n) is 12.5. The summed E-state index contributed by atoms with van der Waals surface area (Å²) in [4.78, 5) is 11.6. The van der Waals surface area contributed by atoms with E-state index in [1.807, 2.05) is 12.1 Å². The second-order valence-electron chi connectivity index (χ2n) is 6.35. The smallest absolute Gasteiger partial charge is 0.243 e. The summed E-state index contributed by atoms with van der Waals surface area (Å²) in [5, 5.41) is -0.609. The zero-order valence-corrected chi connectivity index (χ0v) is 14.0. The molecule has 116 valence electrons. The molecule has 1 aliphatic rings. The summed E-state index contributed by atoms with van der Waals surface area (Å²) in [5.74, 6) is 0. The summed E-state index contributed by atoms with van der Waals surface area (Å²) in [6, 6.07) is 6.11. The molecule has 0 radical (unpaired) electrons. The van der Waals surface area contributed by atoms with E-state index in [2.05, 4.69) is 20.8 Å². The first kappa shape index (κ1) is 16.5. The molecule has 1 aromatic rings. The number of nitrogens with zero attached hydrogens (tertiary/aromatic N) is 1. The second kappa shape index (κ2) is 5.71. The number of benzene rings is 1. The van der Waals surface area contributed by atoms with Crippen LogP contribution in [0.15, 0.2) is 29.2 Å². The van der Waals surface area contributed by atoms with Crippen molar-refractivity contribution in [1.82, 2.24) is 4.31 Å². The Morgan fingerprint density at radius 3 is 2.29 bits per heavy atom. The predicted octanol–water partition coefficient (Wildman–Crippen LogP) is 2.90. The zero-order chi connectivity index (χ0) is 15.8. The number of halogens is 1. The summed E-state index contributed by atoms with van der Waals surface area (Å²) in [6.45, 7) is 6.55. The highest BCUT2D eigenvalue weighted by molar-refractivity contribution is 7.89. The van der Waals surface area contributed by atoms with Crippen molar-refractivity contribution in [3.05, 3.63) is 29.8 Å². The first-order valence-electron chi connectivity index (χ1n) is 6.96. The highest BCUT2D eigenvalue weighted by Crippen LogP contribution is 2.29. The lowest BCUT2D eigenvalue weighted by Crippen LogP contribution is -2.38. The van der Waals surface area contributed by atoms with E-state index in [9.17, 15) is 13.2 Å². The number of carbonyl (C=O) groups excluding carboxylic acids is 1. The maximum Gasteiger partial charge on any atom is 0.243 e. The number of hydrogen-bond donors (Lipinski definition) is 0. The van der Waals surface area contributed by atoms with Gasteiger partial charge in [-0.2, -0.15) is 4.31 Å². The van der Waals surface area contributed by atoms with Gasteiger partial charge in [0.25, 0.3) is 0 Å². The van der Waals surface area contributed by atoms with Gasteiger partial charge in [0.1, 0.15) is 0 Å². The molecule has 1 saturated heterocycles. The molecule has 1 aliphatic heterocycles. The fourth-order valence-electron chi connectivity index (χ4n) is 2.52. The molecule has 1 atom stereocenters. The maximum absolute atomic E-state index is 12.6. The van der Waals surface area contributed by atoms with Crippen LogP contribution in [0.1, 0.15) is 39.2 Å². The van der Waals surface area contributed by atoms with Crippen molar-refractivity contribution in [2.24, 2.45) is 0 Å². The van der Waals surface area contributed by atoms with Crippen molar-refractivity contribution in [2.75, 3.05) is 6.54 Å². The Kier molecular flexibility index (Phi) is 4.47. The van der Waals surface area contributed by atoms with Gasteiger partial charge in [-0.1, -0.05) is 32.9 Å². The Labute approximate surface area is 131 Å². The minimum absolute atomic E-state index is 0.0371. The van der Waals surface area contributed by atoms with Crippen molar-refractivity contribution in [3.63, 3.8) is 0 Å². The van der Waals surface area contributed by atoms with Crippen LogP contribution < -0.4 is 0 Å². The van der Waals surface area contributed by atoms with E-state index in [0.29, 0.717) is 19.4 Å². The number of carbonyl (C=O) groups is 1. The third kappa shape index (κ3) is 3.30. The number of rotatable bonds is 3. The van der Waals surface area contributed by atoms with Gasteiger partial charge in [-0.15, -0.1) is 0 Å². The molecule has 1 aromatic carbocycles. The lowest BCUT2D eigenvalue weighted by atomic mass is 9.87. The Bertz CT molecular complexity index is 632. The van der Waals surface area contributed by atoms with E-state index >= 15 is 0 Å². The molecule has 0 spiro atoms. The van der Waals surface area contributed by atoms with Crippen LogP contribution >= 0.6 is 11.6 Å². The van der Waals surface area contributed by atoms with E-state index in [-0.39, 0.29) is 10.3 Å². The molecule has 4 nitrogen and oxygen atoms in total. The van der Waals surface area contributed by atoms with Gasteiger partial charge in [0, 0.05) is 6.54 Å². The summed E-state index contributed by atoms with van der Waals surface area (Å²) in [6.07, 6.45) is 1.14. The van der Waals surface area contributed by atoms with Crippen LogP contribution in [0, 0.1) is 0 Å². The molecule has 2 rings (SSSR count). The largest absolute Gasteiger partial charge is 0.279 e. The molecule has 0 aliphatic carbocycles. The molecule has 1 heterocycles. The third-order valence-corrected chi connectivity index (χ3v) is 5.97. The average Bonchev–Trinajstić information content (AvgIpc) is 2.88. The first-order valence-corrected chi connectivity index (χ1v) is 8.77. The molecule has 0 amide bonds. The Hall–Kier alpha value is -0.910. The molecule has 0 unspecified atom stereocenters. The van der Waals surface area contributed by atoms with Crippen LogP contribution in [0.3, 0.4) is 0 Å². The fraction of sp³-hybridized carbons (Fsp3) is 0.533. The highest BCUT2D eigenvalue weighted by atomic mass is 35.5. The van der Waals surface area contributed by atoms with Gasteiger partial charge in [0.2, 0.25) is 15.3 Å². The molecular weight excluding hydrogens is 310 g/mol. The monoisotopic (exact) mass is 329 g/mol. The van der Waals surface area contributed by atoms with Crippen molar-refractivity contribution in [1.29, 1.82) is 0 Å². The van der Waals surface area contributed by atoms with Crippen LogP contribution in [0.4, 0.5) is 0 Å². The predicted molar refractivity (Wildman–Crippen MR) is 82.9 cm³/mol. The van der Waals surface area contributed by atoms with Gasteiger partial charge in [-0.3, -0.25) is 4.79 Å². The SMILES string of the molecule is CC(C)(C)c1ccc(S(=O)(=O)N2CCC[C@H]2C(=O)Cl)cc1. The number of hydrogen-bond acceptors (Lipinski definition) is 3. The lowest BCUT2D eigenvalue weighted by molar-refractivity contribution is -0.114.